The number of amides is 1. The summed E-state index contributed by atoms with van der Waals surface area (Å²) in [5.41, 5.74) is 2.92. The van der Waals surface area contributed by atoms with E-state index in [2.05, 4.69) is 10.5 Å². The maximum absolute atomic E-state index is 12.3. The summed E-state index contributed by atoms with van der Waals surface area (Å²) in [6.07, 6.45) is 6.49. The molecule has 1 amide bonds. The molecular formula is C19H16N2O3. The van der Waals surface area contributed by atoms with Gasteiger partial charge in [0, 0.05) is 6.21 Å². The highest BCUT2D eigenvalue weighted by molar-refractivity contribution is 6.01. The fourth-order valence-electron chi connectivity index (χ4n) is 2.29. The first-order valence-corrected chi connectivity index (χ1v) is 7.38. The molecule has 0 saturated heterocycles. The van der Waals surface area contributed by atoms with Crippen molar-refractivity contribution in [1.29, 1.82) is 0 Å². The number of methoxy groups -OCH3 is 1. The molecule has 1 N–H and O–H groups in total. The number of benzene rings is 2. The zero-order valence-corrected chi connectivity index (χ0v) is 13.1. The Hall–Kier alpha value is -3.34. The van der Waals surface area contributed by atoms with E-state index in [1.807, 2.05) is 36.4 Å². The van der Waals surface area contributed by atoms with Gasteiger partial charge in [0.25, 0.3) is 5.91 Å². The van der Waals surface area contributed by atoms with Crippen molar-refractivity contribution in [1.82, 2.24) is 5.43 Å². The minimum atomic E-state index is -0.333. The topological polar surface area (TPSA) is 63.8 Å². The number of carbonyl (C=O) groups excluding carboxylic acids is 1. The first-order valence-electron chi connectivity index (χ1n) is 7.38. The van der Waals surface area contributed by atoms with Gasteiger partial charge in [0.15, 0.2) is 0 Å². The Labute approximate surface area is 139 Å². The standard InChI is InChI=1S/C19H16N2O3/c1-23-18-13-15-7-3-2-6-14(15)12-17(18)19(22)21-20-10-4-8-16-9-5-11-24-16/h2-13H,1H3,(H,21,22)/b8-4+,20-10-. The molecule has 0 bridgehead atoms. The van der Waals surface area contributed by atoms with Gasteiger partial charge in [-0.2, -0.15) is 5.10 Å². The number of hydrazone groups is 1. The zero-order chi connectivity index (χ0) is 16.8. The predicted molar refractivity (Wildman–Crippen MR) is 94.2 cm³/mol. The van der Waals surface area contributed by atoms with Crippen molar-refractivity contribution in [2.24, 2.45) is 5.10 Å². The van der Waals surface area contributed by atoms with Crippen LogP contribution in [0.4, 0.5) is 0 Å². The van der Waals surface area contributed by atoms with Gasteiger partial charge in [0.05, 0.1) is 18.9 Å². The van der Waals surface area contributed by atoms with Gasteiger partial charge in [0.2, 0.25) is 0 Å². The van der Waals surface area contributed by atoms with Crippen molar-refractivity contribution >= 4 is 29.0 Å². The summed E-state index contributed by atoms with van der Waals surface area (Å²) in [6, 6.07) is 15.0. The highest BCUT2D eigenvalue weighted by Crippen LogP contribution is 2.25. The van der Waals surface area contributed by atoms with Crippen LogP contribution in [-0.4, -0.2) is 19.2 Å². The third kappa shape index (κ3) is 3.52. The summed E-state index contributed by atoms with van der Waals surface area (Å²) in [4.78, 5) is 12.3. The quantitative estimate of drug-likeness (QED) is 0.573. The second kappa shape index (κ2) is 7.28. The minimum absolute atomic E-state index is 0.333. The molecular weight excluding hydrogens is 304 g/mol. The van der Waals surface area contributed by atoms with E-state index in [0.29, 0.717) is 17.1 Å². The highest BCUT2D eigenvalue weighted by Gasteiger charge is 2.12. The predicted octanol–water partition coefficient (Wildman–Crippen LogP) is 3.87. The van der Waals surface area contributed by atoms with Gasteiger partial charge in [-0.25, -0.2) is 5.43 Å². The molecule has 5 nitrogen and oxygen atoms in total. The van der Waals surface area contributed by atoms with Crippen LogP contribution in [0.1, 0.15) is 16.1 Å². The summed E-state index contributed by atoms with van der Waals surface area (Å²) in [5, 5.41) is 5.87. The molecule has 0 saturated carbocycles. The highest BCUT2D eigenvalue weighted by atomic mass is 16.5. The van der Waals surface area contributed by atoms with Gasteiger partial charge in [-0.05, 0) is 47.2 Å². The van der Waals surface area contributed by atoms with Crippen LogP contribution < -0.4 is 10.2 Å². The van der Waals surface area contributed by atoms with Crippen molar-refractivity contribution in [2.45, 2.75) is 0 Å². The van der Waals surface area contributed by atoms with E-state index in [4.69, 9.17) is 9.15 Å². The number of hydrogen-bond acceptors (Lipinski definition) is 4. The summed E-state index contributed by atoms with van der Waals surface area (Å²) >= 11 is 0. The van der Waals surface area contributed by atoms with Crippen molar-refractivity contribution in [3.8, 4) is 5.75 Å². The molecule has 5 heteroatoms. The van der Waals surface area contributed by atoms with Crippen molar-refractivity contribution < 1.29 is 13.9 Å². The molecule has 1 aromatic heterocycles. The number of carbonyl (C=O) groups is 1. The van der Waals surface area contributed by atoms with Crippen LogP contribution in [0.5, 0.6) is 5.75 Å². The van der Waals surface area contributed by atoms with Gasteiger partial charge >= 0.3 is 0 Å². The average Bonchev–Trinajstić information content (AvgIpc) is 3.13. The molecule has 1 heterocycles. The number of rotatable bonds is 5. The van der Waals surface area contributed by atoms with Crippen LogP contribution in [-0.2, 0) is 0 Å². The number of fused-ring (bicyclic) bond motifs is 1. The Kier molecular flexibility index (Phi) is 4.72. The van der Waals surface area contributed by atoms with Gasteiger partial charge in [-0.1, -0.05) is 24.3 Å². The van der Waals surface area contributed by atoms with Gasteiger partial charge < -0.3 is 9.15 Å². The zero-order valence-electron chi connectivity index (χ0n) is 13.1. The molecule has 0 radical (unpaired) electrons. The molecule has 120 valence electrons. The second-order valence-electron chi connectivity index (χ2n) is 4.99. The lowest BCUT2D eigenvalue weighted by Crippen LogP contribution is -2.18. The smallest absolute Gasteiger partial charge is 0.275 e. The van der Waals surface area contributed by atoms with Gasteiger partial charge in [-0.3, -0.25) is 4.79 Å². The fraction of sp³-hybridized carbons (Fsp3) is 0.0526. The van der Waals surface area contributed by atoms with Crippen molar-refractivity contribution in [3.05, 3.63) is 72.2 Å². The van der Waals surface area contributed by atoms with E-state index in [-0.39, 0.29) is 5.91 Å². The van der Waals surface area contributed by atoms with Gasteiger partial charge in [0.1, 0.15) is 11.5 Å². The third-order valence-electron chi connectivity index (χ3n) is 3.44. The number of nitrogens with one attached hydrogen (secondary N) is 1. The first kappa shape index (κ1) is 15.6. The minimum Gasteiger partial charge on any atom is -0.496 e. The number of nitrogens with zero attached hydrogens (tertiary/aromatic N) is 1. The molecule has 0 spiro atoms. The van der Waals surface area contributed by atoms with E-state index in [1.54, 1.807) is 30.5 Å². The molecule has 0 aliphatic rings. The number of allylic oxidation sites excluding steroid dienone is 1. The molecule has 0 unspecified atom stereocenters. The van der Waals surface area contributed by atoms with Gasteiger partial charge in [-0.15, -0.1) is 0 Å². The normalized spacial score (nSPS) is 11.4. The lowest BCUT2D eigenvalue weighted by Gasteiger charge is -2.09. The lowest BCUT2D eigenvalue weighted by molar-refractivity contribution is 0.0952. The summed E-state index contributed by atoms with van der Waals surface area (Å²) < 4.78 is 10.5. The van der Waals surface area contributed by atoms with Crippen LogP contribution in [0.2, 0.25) is 0 Å². The SMILES string of the molecule is COc1cc2ccccc2cc1C(=O)N/N=C\C=C\c1ccco1. The van der Waals surface area contributed by atoms with Crippen LogP contribution in [0, 0.1) is 0 Å². The Morgan fingerprint density at radius 2 is 1.96 bits per heavy atom. The molecule has 3 rings (SSSR count). The molecule has 0 aliphatic carbocycles. The van der Waals surface area contributed by atoms with Crippen molar-refractivity contribution in [2.75, 3.05) is 7.11 Å². The average molecular weight is 320 g/mol. The Bertz CT molecular complexity index is 896. The Balaban J connectivity index is 1.73. The fourth-order valence-corrected chi connectivity index (χ4v) is 2.29. The van der Waals surface area contributed by atoms with Crippen LogP contribution >= 0.6 is 0 Å². The molecule has 0 aliphatic heterocycles. The monoisotopic (exact) mass is 320 g/mol. The first-order chi connectivity index (χ1) is 11.8. The lowest BCUT2D eigenvalue weighted by atomic mass is 10.1. The molecule has 2 aromatic carbocycles. The maximum atomic E-state index is 12.3. The second-order valence-corrected chi connectivity index (χ2v) is 4.99. The summed E-state index contributed by atoms with van der Waals surface area (Å²) in [5.74, 6) is 0.886. The van der Waals surface area contributed by atoms with E-state index in [1.165, 1.54) is 13.3 Å². The molecule has 3 aromatic rings. The Morgan fingerprint density at radius 3 is 2.67 bits per heavy atom. The number of hydrogen-bond donors (Lipinski definition) is 1. The van der Waals surface area contributed by atoms with Crippen molar-refractivity contribution in [3.63, 3.8) is 0 Å². The van der Waals surface area contributed by atoms with E-state index >= 15 is 0 Å². The van der Waals surface area contributed by atoms with Crippen LogP contribution in [0.15, 0.2) is 70.4 Å². The molecule has 0 fully saturated rings. The largest absolute Gasteiger partial charge is 0.496 e. The van der Waals surface area contributed by atoms with E-state index in [9.17, 15) is 4.79 Å². The Morgan fingerprint density at radius 1 is 1.17 bits per heavy atom. The third-order valence-corrected chi connectivity index (χ3v) is 3.44. The summed E-state index contributed by atoms with van der Waals surface area (Å²) in [7, 11) is 1.54. The maximum Gasteiger partial charge on any atom is 0.275 e. The molecule has 24 heavy (non-hydrogen) atoms. The summed E-state index contributed by atoms with van der Waals surface area (Å²) in [6.45, 7) is 0. The number of furan rings is 1. The molecule has 0 atom stereocenters. The number of ether oxygens (including phenoxy) is 1. The van der Waals surface area contributed by atoms with Crippen LogP contribution in [0.3, 0.4) is 0 Å². The van der Waals surface area contributed by atoms with E-state index in [0.717, 1.165) is 10.8 Å². The van der Waals surface area contributed by atoms with E-state index < -0.39 is 0 Å². The van der Waals surface area contributed by atoms with Crippen LogP contribution in [0.25, 0.3) is 16.8 Å².